The zero-order valence-electron chi connectivity index (χ0n) is 11.4. The number of likely N-dealkylation sites (N-methyl/N-ethyl adjacent to an activating group) is 1. The number of ether oxygens (including phenoxy) is 1. The molecule has 1 aromatic heterocycles. The second-order valence-electron chi connectivity index (χ2n) is 4.63. The zero-order valence-corrected chi connectivity index (χ0v) is 12.2. The first-order chi connectivity index (χ1) is 9.19. The Labute approximate surface area is 118 Å². The van der Waals surface area contributed by atoms with Crippen LogP contribution in [-0.4, -0.2) is 25.6 Å². The van der Waals surface area contributed by atoms with E-state index in [-0.39, 0.29) is 0 Å². The van der Waals surface area contributed by atoms with Crippen LogP contribution in [0.4, 0.5) is 5.69 Å². The van der Waals surface area contributed by atoms with Gasteiger partial charge in [-0.2, -0.15) is 0 Å². The third-order valence-electron chi connectivity index (χ3n) is 3.11. The average molecular weight is 276 g/mol. The van der Waals surface area contributed by atoms with E-state index in [4.69, 9.17) is 10.5 Å². The van der Waals surface area contributed by atoms with Crippen LogP contribution in [0.25, 0.3) is 0 Å². The van der Waals surface area contributed by atoms with Crippen LogP contribution in [-0.2, 0) is 13.0 Å². The van der Waals surface area contributed by atoms with E-state index in [0.29, 0.717) is 0 Å². The summed E-state index contributed by atoms with van der Waals surface area (Å²) in [5, 5.41) is 2.12. The molecule has 0 bridgehead atoms. The Kier molecular flexibility index (Phi) is 4.82. The maximum absolute atomic E-state index is 6.03. The molecule has 2 rings (SSSR count). The van der Waals surface area contributed by atoms with Gasteiger partial charge in [-0.25, -0.2) is 0 Å². The number of benzene rings is 1. The molecule has 0 aliphatic carbocycles. The van der Waals surface area contributed by atoms with Crippen LogP contribution < -0.4 is 10.5 Å². The highest BCUT2D eigenvalue weighted by molar-refractivity contribution is 7.09. The van der Waals surface area contributed by atoms with E-state index in [1.54, 1.807) is 7.11 Å². The monoisotopic (exact) mass is 276 g/mol. The van der Waals surface area contributed by atoms with Crippen molar-refractivity contribution >= 4 is 17.0 Å². The van der Waals surface area contributed by atoms with Gasteiger partial charge in [0, 0.05) is 29.7 Å². The van der Waals surface area contributed by atoms with Crippen molar-refractivity contribution in [1.29, 1.82) is 0 Å². The molecule has 4 heteroatoms. The molecule has 0 atom stereocenters. The highest BCUT2D eigenvalue weighted by Gasteiger charge is 2.05. The fraction of sp³-hybridized carbons (Fsp3) is 0.333. The van der Waals surface area contributed by atoms with E-state index >= 15 is 0 Å². The number of hydrogen-bond donors (Lipinski definition) is 1. The molecule has 0 unspecified atom stereocenters. The predicted molar refractivity (Wildman–Crippen MR) is 81.8 cm³/mol. The third-order valence-corrected chi connectivity index (χ3v) is 4.05. The molecule has 0 aliphatic rings. The lowest BCUT2D eigenvalue weighted by atomic mass is 10.1. The Morgan fingerprint density at radius 1 is 1.32 bits per heavy atom. The van der Waals surface area contributed by atoms with Crippen LogP contribution in [0.3, 0.4) is 0 Å². The Morgan fingerprint density at radius 3 is 2.79 bits per heavy atom. The van der Waals surface area contributed by atoms with Crippen molar-refractivity contribution in [3.05, 3.63) is 46.2 Å². The summed E-state index contributed by atoms with van der Waals surface area (Å²) in [4.78, 5) is 3.72. The lowest BCUT2D eigenvalue weighted by Gasteiger charge is -2.17. The first-order valence-corrected chi connectivity index (χ1v) is 7.20. The summed E-state index contributed by atoms with van der Waals surface area (Å²) in [6, 6.07) is 10.2. The molecule has 0 saturated carbocycles. The minimum Gasteiger partial charge on any atom is -0.497 e. The summed E-state index contributed by atoms with van der Waals surface area (Å²) >= 11 is 1.81. The molecule has 102 valence electrons. The van der Waals surface area contributed by atoms with Gasteiger partial charge in [-0.3, -0.25) is 0 Å². The summed E-state index contributed by atoms with van der Waals surface area (Å²) in [5.41, 5.74) is 7.97. The number of thiophene rings is 1. The quantitative estimate of drug-likeness (QED) is 0.824. The van der Waals surface area contributed by atoms with E-state index < -0.39 is 0 Å². The van der Waals surface area contributed by atoms with Crippen molar-refractivity contribution in [2.45, 2.75) is 13.0 Å². The standard InChI is InChI=1S/C15H20N2OS/c1-17(8-7-14-4-3-9-19-14)11-12-5-6-13(18-2)10-15(12)16/h3-6,9-10H,7-8,11,16H2,1-2H3. The normalized spacial score (nSPS) is 10.9. The summed E-state index contributed by atoms with van der Waals surface area (Å²) in [7, 11) is 3.78. The summed E-state index contributed by atoms with van der Waals surface area (Å²) in [6.45, 7) is 1.90. The van der Waals surface area contributed by atoms with Crippen molar-refractivity contribution in [1.82, 2.24) is 4.90 Å². The van der Waals surface area contributed by atoms with E-state index in [9.17, 15) is 0 Å². The molecule has 0 radical (unpaired) electrons. The largest absolute Gasteiger partial charge is 0.497 e. The molecule has 0 fully saturated rings. The molecule has 2 N–H and O–H groups in total. The van der Waals surface area contributed by atoms with Gasteiger partial charge < -0.3 is 15.4 Å². The van der Waals surface area contributed by atoms with Gasteiger partial charge >= 0.3 is 0 Å². The van der Waals surface area contributed by atoms with Gasteiger partial charge in [-0.1, -0.05) is 12.1 Å². The van der Waals surface area contributed by atoms with Crippen molar-refractivity contribution in [2.75, 3.05) is 26.4 Å². The lowest BCUT2D eigenvalue weighted by molar-refractivity contribution is 0.332. The maximum Gasteiger partial charge on any atom is 0.120 e. The smallest absolute Gasteiger partial charge is 0.120 e. The predicted octanol–water partition coefficient (Wildman–Crippen LogP) is 3.01. The molecule has 1 aromatic carbocycles. The van der Waals surface area contributed by atoms with Crippen molar-refractivity contribution in [2.24, 2.45) is 0 Å². The number of hydrogen-bond acceptors (Lipinski definition) is 4. The molecule has 3 nitrogen and oxygen atoms in total. The van der Waals surface area contributed by atoms with Gasteiger partial charge in [0.15, 0.2) is 0 Å². The summed E-state index contributed by atoms with van der Waals surface area (Å²) in [6.07, 6.45) is 1.09. The van der Waals surface area contributed by atoms with E-state index in [0.717, 1.165) is 36.5 Å². The molecule has 0 saturated heterocycles. The van der Waals surface area contributed by atoms with Crippen LogP contribution in [0, 0.1) is 0 Å². The molecule has 2 aromatic rings. The maximum atomic E-state index is 6.03. The molecular formula is C15H20N2OS. The topological polar surface area (TPSA) is 38.5 Å². The van der Waals surface area contributed by atoms with Crippen LogP contribution in [0.15, 0.2) is 35.7 Å². The third kappa shape index (κ3) is 3.98. The Balaban J connectivity index is 1.89. The highest BCUT2D eigenvalue weighted by Crippen LogP contribution is 2.20. The molecule has 0 aliphatic heterocycles. The lowest BCUT2D eigenvalue weighted by Crippen LogP contribution is -2.21. The fourth-order valence-corrected chi connectivity index (χ4v) is 2.67. The van der Waals surface area contributed by atoms with Gasteiger partial charge in [0.1, 0.15) is 5.75 Å². The van der Waals surface area contributed by atoms with Gasteiger partial charge in [0.2, 0.25) is 0 Å². The zero-order chi connectivity index (χ0) is 13.7. The van der Waals surface area contributed by atoms with Crippen LogP contribution >= 0.6 is 11.3 Å². The first kappa shape index (κ1) is 13.9. The molecule has 0 amide bonds. The van der Waals surface area contributed by atoms with Crippen LogP contribution in [0.1, 0.15) is 10.4 Å². The number of nitrogens with zero attached hydrogens (tertiary/aromatic N) is 1. The minimum atomic E-state index is 0.794. The number of nitrogens with two attached hydrogens (primary N) is 1. The molecule has 19 heavy (non-hydrogen) atoms. The Bertz CT molecular complexity index is 511. The van der Waals surface area contributed by atoms with Gasteiger partial charge in [0.05, 0.1) is 7.11 Å². The first-order valence-electron chi connectivity index (χ1n) is 6.32. The van der Waals surface area contributed by atoms with E-state index in [1.807, 2.05) is 29.5 Å². The highest BCUT2D eigenvalue weighted by atomic mass is 32.1. The fourth-order valence-electron chi connectivity index (χ4n) is 1.97. The number of methoxy groups -OCH3 is 1. The van der Waals surface area contributed by atoms with Crippen molar-refractivity contribution in [3.8, 4) is 5.75 Å². The average Bonchev–Trinajstić information content (AvgIpc) is 2.92. The second kappa shape index (κ2) is 6.59. The molecular weight excluding hydrogens is 256 g/mol. The second-order valence-corrected chi connectivity index (χ2v) is 5.66. The van der Waals surface area contributed by atoms with Crippen molar-refractivity contribution < 1.29 is 4.74 Å². The van der Waals surface area contributed by atoms with Crippen LogP contribution in [0.5, 0.6) is 5.75 Å². The SMILES string of the molecule is COc1ccc(CN(C)CCc2cccs2)c(N)c1. The van der Waals surface area contributed by atoms with Gasteiger partial charge in [0.25, 0.3) is 0 Å². The van der Waals surface area contributed by atoms with Crippen LogP contribution in [0.2, 0.25) is 0 Å². The number of rotatable bonds is 6. The number of anilines is 1. The molecule has 1 heterocycles. The van der Waals surface area contributed by atoms with Crippen molar-refractivity contribution in [3.63, 3.8) is 0 Å². The molecule has 0 spiro atoms. The Morgan fingerprint density at radius 2 is 2.16 bits per heavy atom. The van der Waals surface area contributed by atoms with E-state index in [2.05, 4.69) is 29.5 Å². The summed E-state index contributed by atoms with van der Waals surface area (Å²) < 4.78 is 5.16. The minimum absolute atomic E-state index is 0.794. The Hall–Kier alpha value is -1.52. The van der Waals surface area contributed by atoms with Gasteiger partial charge in [-0.15, -0.1) is 11.3 Å². The van der Waals surface area contributed by atoms with E-state index in [1.165, 1.54) is 4.88 Å². The van der Waals surface area contributed by atoms with Gasteiger partial charge in [-0.05, 0) is 36.5 Å². The number of nitrogen functional groups attached to an aromatic ring is 1. The summed E-state index contributed by atoms with van der Waals surface area (Å²) in [5.74, 6) is 0.808.